The Morgan fingerprint density at radius 1 is 1.32 bits per heavy atom. The largest absolute Gasteiger partial charge is 0.342 e. The molecule has 1 fully saturated rings. The summed E-state index contributed by atoms with van der Waals surface area (Å²) in [5.74, 6) is -0.993. The number of amides is 2. The van der Waals surface area contributed by atoms with Crippen molar-refractivity contribution in [3.05, 3.63) is 30.1 Å². The number of nitrogens with zero attached hydrogens (tertiary/aromatic N) is 1. The maximum atomic E-state index is 13.8. The molecule has 1 aromatic rings. The van der Waals surface area contributed by atoms with Crippen molar-refractivity contribution in [2.75, 3.05) is 4.90 Å². The minimum atomic E-state index is -0.697. The fraction of sp³-hybridized carbons (Fsp3) is 0.429. The summed E-state index contributed by atoms with van der Waals surface area (Å²) in [5, 5.41) is 2.68. The molecule has 19 heavy (non-hydrogen) atoms. The number of hydrogen-bond acceptors (Lipinski definition) is 2. The SMILES string of the molecule is CCCC1NC(=O)C(C)N(c2ccccc2F)C1=O. The molecule has 1 aliphatic rings. The molecule has 0 aliphatic carbocycles. The summed E-state index contributed by atoms with van der Waals surface area (Å²) in [6.45, 7) is 3.53. The van der Waals surface area contributed by atoms with Gasteiger partial charge in [-0.3, -0.25) is 14.5 Å². The third-order valence-corrected chi connectivity index (χ3v) is 3.31. The highest BCUT2D eigenvalue weighted by molar-refractivity contribution is 6.08. The highest BCUT2D eigenvalue weighted by Crippen LogP contribution is 2.25. The number of carbonyl (C=O) groups is 2. The van der Waals surface area contributed by atoms with Gasteiger partial charge in [0.05, 0.1) is 5.69 Å². The Morgan fingerprint density at radius 2 is 2.00 bits per heavy atom. The van der Waals surface area contributed by atoms with Gasteiger partial charge in [-0.05, 0) is 25.5 Å². The van der Waals surface area contributed by atoms with Crippen molar-refractivity contribution in [2.45, 2.75) is 38.8 Å². The number of rotatable bonds is 3. The Morgan fingerprint density at radius 3 is 2.63 bits per heavy atom. The zero-order chi connectivity index (χ0) is 14.0. The van der Waals surface area contributed by atoms with Gasteiger partial charge in [-0.2, -0.15) is 0 Å². The van der Waals surface area contributed by atoms with Crippen LogP contribution in [0.1, 0.15) is 26.7 Å². The van der Waals surface area contributed by atoms with Crippen LogP contribution >= 0.6 is 0 Å². The number of benzene rings is 1. The van der Waals surface area contributed by atoms with Crippen LogP contribution in [0, 0.1) is 5.82 Å². The lowest BCUT2D eigenvalue weighted by Crippen LogP contribution is -2.62. The van der Waals surface area contributed by atoms with E-state index in [1.165, 1.54) is 17.0 Å². The molecule has 2 rings (SSSR count). The van der Waals surface area contributed by atoms with E-state index in [1.54, 1.807) is 19.1 Å². The lowest BCUT2D eigenvalue weighted by Gasteiger charge is -2.37. The van der Waals surface area contributed by atoms with E-state index in [1.807, 2.05) is 6.92 Å². The predicted octanol–water partition coefficient (Wildman–Crippen LogP) is 1.85. The molecule has 0 bridgehead atoms. The van der Waals surface area contributed by atoms with Crippen molar-refractivity contribution in [3.8, 4) is 0 Å². The van der Waals surface area contributed by atoms with E-state index in [2.05, 4.69) is 5.32 Å². The van der Waals surface area contributed by atoms with Crippen molar-refractivity contribution >= 4 is 17.5 Å². The average Bonchev–Trinajstić information content (AvgIpc) is 2.38. The average molecular weight is 264 g/mol. The lowest BCUT2D eigenvalue weighted by atomic mass is 10.0. The number of halogens is 1. The van der Waals surface area contributed by atoms with Crippen molar-refractivity contribution in [2.24, 2.45) is 0 Å². The van der Waals surface area contributed by atoms with Gasteiger partial charge in [-0.25, -0.2) is 4.39 Å². The highest BCUT2D eigenvalue weighted by atomic mass is 19.1. The summed E-state index contributed by atoms with van der Waals surface area (Å²) in [7, 11) is 0. The van der Waals surface area contributed by atoms with Gasteiger partial charge in [0.2, 0.25) is 11.8 Å². The van der Waals surface area contributed by atoms with Crippen LogP contribution in [0.2, 0.25) is 0 Å². The fourth-order valence-corrected chi connectivity index (χ4v) is 2.29. The molecule has 1 aromatic carbocycles. The molecular formula is C14H17FN2O2. The predicted molar refractivity (Wildman–Crippen MR) is 70.2 cm³/mol. The smallest absolute Gasteiger partial charge is 0.250 e. The first kappa shape index (κ1) is 13.5. The molecular weight excluding hydrogens is 247 g/mol. The topological polar surface area (TPSA) is 49.4 Å². The molecule has 0 spiro atoms. The second kappa shape index (κ2) is 5.38. The number of nitrogens with one attached hydrogen (secondary N) is 1. The molecule has 2 atom stereocenters. The van der Waals surface area contributed by atoms with Gasteiger partial charge in [0.1, 0.15) is 17.9 Å². The van der Waals surface area contributed by atoms with Crippen LogP contribution in [-0.4, -0.2) is 23.9 Å². The van der Waals surface area contributed by atoms with Crippen molar-refractivity contribution in [3.63, 3.8) is 0 Å². The second-order valence-corrected chi connectivity index (χ2v) is 4.69. The third-order valence-electron chi connectivity index (χ3n) is 3.31. The molecule has 5 heteroatoms. The molecule has 1 aliphatic heterocycles. The number of piperazine rings is 1. The molecule has 0 radical (unpaired) electrons. The van der Waals surface area contributed by atoms with Crippen LogP contribution in [0.4, 0.5) is 10.1 Å². The number of hydrogen-bond donors (Lipinski definition) is 1. The Labute approximate surface area is 111 Å². The highest BCUT2D eigenvalue weighted by Gasteiger charge is 2.39. The zero-order valence-electron chi connectivity index (χ0n) is 11.0. The molecule has 4 nitrogen and oxygen atoms in total. The van der Waals surface area contributed by atoms with E-state index in [0.29, 0.717) is 6.42 Å². The standard InChI is InChI=1S/C14H17FN2O2/c1-3-6-11-14(19)17(9(2)13(18)16-11)12-8-5-4-7-10(12)15/h4-5,7-9,11H,3,6H2,1-2H3,(H,16,18). The first-order chi connectivity index (χ1) is 9.06. The Bertz CT molecular complexity index is 504. The summed E-state index contributed by atoms with van der Waals surface area (Å²) in [6.07, 6.45) is 1.33. The number of para-hydroxylation sites is 1. The molecule has 2 amide bonds. The molecule has 1 saturated heterocycles. The van der Waals surface area contributed by atoms with Crippen LogP contribution in [0.25, 0.3) is 0 Å². The van der Waals surface area contributed by atoms with Gasteiger partial charge in [-0.1, -0.05) is 25.5 Å². The Hall–Kier alpha value is -1.91. The molecule has 102 valence electrons. The van der Waals surface area contributed by atoms with Gasteiger partial charge in [0.15, 0.2) is 0 Å². The van der Waals surface area contributed by atoms with Crippen LogP contribution in [-0.2, 0) is 9.59 Å². The summed E-state index contributed by atoms with van der Waals surface area (Å²) in [5.41, 5.74) is 0.163. The van der Waals surface area contributed by atoms with E-state index in [4.69, 9.17) is 0 Å². The maximum Gasteiger partial charge on any atom is 0.250 e. The monoisotopic (exact) mass is 264 g/mol. The number of carbonyl (C=O) groups excluding carboxylic acids is 2. The van der Waals surface area contributed by atoms with Crippen LogP contribution in [0.3, 0.4) is 0 Å². The summed E-state index contributed by atoms with van der Waals surface area (Å²) in [6, 6.07) is 4.76. The second-order valence-electron chi connectivity index (χ2n) is 4.69. The Kier molecular flexibility index (Phi) is 3.83. The normalized spacial score (nSPS) is 23.4. The number of anilines is 1. The molecule has 1 N–H and O–H groups in total. The van der Waals surface area contributed by atoms with E-state index in [-0.39, 0.29) is 17.5 Å². The quantitative estimate of drug-likeness (QED) is 0.905. The van der Waals surface area contributed by atoms with E-state index in [9.17, 15) is 14.0 Å². The first-order valence-corrected chi connectivity index (χ1v) is 6.44. The maximum absolute atomic E-state index is 13.8. The van der Waals surface area contributed by atoms with Gasteiger partial charge >= 0.3 is 0 Å². The molecule has 2 unspecified atom stereocenters. The van der Waals surface area contributed by atoms with Crippen LogP contribution < -0.4 is 10.2 Å². The van der Waals surface area contributed by atoms with Crippen molar-refractivity contribution in [1.29, 1.82) is 0 Å². The lowest BCUT2D eigenvalue weighted by molar-refractivity contribution is -0.133. The van der Waals surface area contributed by atoms with Gasteiger partial charge in [0.25, 0.3) is 0 Å². The van der Waals surface area contributed by atoms with E-state index < -0.39 is 17.9 Å². The minimum Gasteiger partial charge on any atom is -0.342 e. The van der Waals surface area contributed by atoms with Crippen LogP contribution in [0.5, 0.6) is 0 Å². The minimum absolute atomic E-state index is 0.163. The summed E-state index contributed by atoms with van der Waals surface area (Å²) >= 11 is 0. The van der Waals surface area contributed by atoms with Crippen LogP contribution in [0.15, 0.2) is 24.3 Å². The molecule has 0 saturated carbocycles. The fourth-order valence-electron chi connectivity index (χ4n) is 2.29. The van der Waals surface area contributed by atoms with Crippen molar-refractivity contribution in [1.82, 2.24) is 5.32 Å². The first-order valence-electron chi connectivity index (χ1n) is 6.44. The third kappa shape index (κ3) is 2.45. The van der Waals surface area contributed by atoms with E-state index in [0.717, 1.165) is 6.42 Å². The van der Waals surface area contributed by atoms with Gasteiger partial charge < -0.3 is 5.32 Å². The van der Waals surface area contributed by atoms with Gasteiger partial charge in [0, 0.05) is 0 Å². The summed E-state index contributed by atoms with van der Waals surface area (Å²) < 4.78 is 13.8. The van der Waals surface area contributed by atoms with Gasteiger partial charge in [-0.15, -0.1) is 0 Å². The molecule has 1 heterocycles. The van der Waals surface area contributed by atoms with Crippen molar-refractivity contribution < 1.29 is 14.0 Å². The molecule has 0 aromatic heterocycles. The van der Waals surface area contributed by atoms with E-state index >= 15 is 0 Å². The summed E-state index contributed by atoms with van der Waals surface area (Å²) in [4.78, 5) is 25.5. The Balaban J connectivity index is 2.38. The zero-order valence-corrected chi connectivity index (χ0v) is 11.0.